The highest BCUT2D eigenvalue weighted by atomic mass is 32.2. The van der Waals surface area contributed by atoms with Crippen molar-refractivity contribution >= 4 is 33.1 Å². The molecule has 1 unspecified atom stereocenters. The van der Waals surface area contributed by atoms with Crippen LogP contribution in [-0.4, -0.2) is 36.8 Å². The fourth-order valence-corrected chi connectivity index (χ4v) is 5.61. The van der Waals surface area contributed by atoms with E-state index < -0.39 is 15.8 Å². The van der Waals surface area contributed by atoms with E-state index >= 15 is 0 Å². The quantitative estimate of drug-likeness (QED) is 0.652. The maximum atomic E-state index is 12.0. The van der Waals surface area contributed by atoms with E-state index in [-0.39, 0.29) is 42.8 Å². The molecule has 2 aromatic rings. The number of hydrogen-bond acceptors (Lipinski definition) is 7. The Balaban J connectivity index is 1.39. The molecule has 1 amide bonds. The van der Waals surface area contributed by atoms with Crippen molar-refractivity contribution in [2.75, 3.05) is 11.5 Å². The molecule has 1 saturated heterocycles. The van der Waals surface area contributed by atoms with Gasteiger partial charge in [-0.25, -0.2) is 13.4 Å². The summed E-state index contributed by atoms with van der Waals surface area (Å²) in [5.41, 5.74) is 1.61. The van der Waals surface area contributed by atoms with Gasteiger partial charge in [0.15, 0.2) is 9.84 Å². The number of rotatable bonds is 8. The maximum absolute atomic E-state index is 12.0. The summed E-state index contributed by atoms with van der Waals surface area (Å²) >= 11 is 1.34. The van der Waals surface area contributed by atoms with Crippen LogP contribution < -0.4 is 5.32 Å². The zero-order chi connectivity index (χ0) is 20.0. The van der Waals surface area contributed by atoms with E-state index in [2.05, 4.69) is 10.3 Å². The molecular weight excluding hydrogens is 400 g/mol. The SMILES string of the molecule is O=C(Cc1nc(COC(=O)CC2CCS(=O)(=O)C2)cs1)NCc1ccccc1. The van der Waals surface area contributed by atoms with Gasteiger partial charge < -0.3 is 10.1 Å². The van der Waals surface area contributed by atoms with Crippen LogP contribution in [0.4, 0.5) is 0 Å². The van der Waals surface area contributed by atoms with Gasteiger partial charge in [-0.15, -0.1) is 11.3 Å². The predicted molar refractivity (Wildman–Crippen MR) is 105 cm³/mol. The Hall–Kier alpha value is -2.26. The molecule has 0 saturated carbocycles. The van der Waals surface area contributed by atoms with E-state index in [1.165, 1.54) is 11.3 Å². The van der Waals surface area contributed by atoms with E-state index in [1.54, 1.807) is 5.38 Å². The molecular formula is C19H22N2O5S2. The van der Waals surface area contributed by atoms with Crippen molar-refractivity contribution in [3.63, 3.8) is 0 Å². The highest BCUT2D eigenvalue weighted by Crippen LogP contribution is 2.22. The van der Waals surface area contributed by atoms with E-state index in [1.807, 2.05) is 30.3 Å². The van der Waals surface area contributed by atoms with Gasteiger partial charge in [0.2, 0.25) is 5.91 Å². The molecule has 0 radical (unpaired) electrons. The summed E-state index contributed by atoms with van der Waals surface area (Å²) in [5, 5.41) is 5.26. The molecule has 150 valence electrons. The first-order valence-electron chi connectivity index (χ1n) is 8.99. The van der Waals surface area contributed by atoms with Gasteiger partial charge in [0, 0.05) is 18.3 Å². The Morgan fingerprint density at radius 1 is 1.25 bits per heavy atom. The number of nitrogens with zero attached hydrogens (tertiary/aromatic N) is 1. The molecule has 9 heteroatoms. The van der Waals surface area contributed by atoms with Gasteiger partial charge in [0.25, 0.3) is 0 Å². The smallest absolute Gasteiger partial charge is 0.306 e. The van der Waals surface area contributed by atoms with Crippen LogP contribution in [0.2, 0.25) is 0 Å². The third-order valence-corrected chi connectivity index (χ3v) is 7.14. The van der Waals surface area contributed by atoms with Crippen molar-refractivity contribution in [2.24, 2.45) is 5.92 Å². The lowest BCUT2D eigenvalue weighted by Crippen LogP contribution is -2.24. The summed E-state index contributed by atoms with van der Waals surface area (Å²) in [6, 6.07) is 9.64. The van der Waals surface area contributed by atoms with Crippen molar-refractivity contribution in [3.8, 4) is 0 Å². The minimum absolute atomic E-state index is 0.0282. The van der Waals surface area contributed by atoms with Crippen molar-refractivity contribution in [3.05, 3.63) is 52.0 Å². The van der Waals surface area contributed by atoms with Gasteiger partial charge in [-0.3, -0.25) is 9.59 Å². The van der Waals surface area contributed by atoms with Gasteiger partial charge in [0.05, 0.1) is 23.6 Å². The second-order valence-electron chi connectivity index (χ2n) is 6.81. The second-order valence-corrected chi connectivity index (χ2v) is 9.98. The summed E-state index contributed by atoms with van der Waals surface area (Å²) in [6.07, 6.45) is 0.792. The topological polar surface area (TPSA) is 102 Å². The van der Waals surface area contributed by atoms with Crippen molar-refractivity contribution < 1.29 is 22.7 Å². The maximum Gasteiger partial charge on any atom is 0.306 e. The molecule has 1 aliphatic rings. The monoisotopic (exact) mass is 422 g/mol. The molecule has 1 N–H and O–H groups in total. The van der Waals surface area contributed by atoms with Crippen LogP contribution in [-0.2, 0) is 43.7 Å². The molecule has 0 aliphatic carbocycles. The number of carbonyl (C=O) groups is 2. The van der Waals surface area contributed by atoms with Crippen LogP contribution in [0.3, 0.4) is 0 Å². The van der Waals surface area contributed by atoms with Crippen LogP contribution in [0.25, 0.3) is 0 Å². The third-order valence-electron chi connectivity index (χ3n) is 4.41. The molecule has 3 rings (SSSR count). The van der Waals surface area contributed by atoms with Crippen LogP contribution in [0, 0.1) is 5.92 Å². The Labute approximate surface area is 168 Å². The van der Waals surface area contributed by atoms with Crippen LogP contribution >= 0.6 is 11.3 Å². The zero-order valence-electron chi connectivity index (χ0n) is 15.3. The summed E-state index contributed by atoms with van der Waals surface area (Å²) in [6.45, 7) is 0.493. The fourth-order valence-electron chi connectivity index (χ4n) is 2.97. The first-order valence-corrected chi connectivity index (χ1v) is 11.7. The van der Waals surface area contributed by atoms with Crippen molar-refractivity contribution in [1.29, 1.82) is 0 Å². The number of benzene rings is 1. The van der Waals surface area contributed by atoms with E-state index in [0.29, 0.717) is 23.7 Å². The molecule has 2 heterocycles. The largest absolute Gasteiger partial charge is 0.459 e. The van der Waals surface area contributed by atoms with E-state index in [4.69, 9.17) is 4.74 Å². The van der Waals surface area contributed by atoms with Crippen molar-refractivity contribution in [1.82, 2.24) is 10.3 Å². The summed E-state index contributed by atoms with van der Waals surface area (Å²) in [7, 11) is -3.00. The van der Waals surface area contributed by atoms with Gasteiger partial charge >= 0.3 is 5.97 Å². The number of thiazole rings is 1. The average Bonchev–Trinajstić information content (AvgIpc) is 3.25. The number of sulfone groups is 1. The minimum atomic E-state index is -3.00. The Bertz CT molecular complexity index is 925. The fraction of sp³-hybridized carbons (Fsp3) is 0.421. The highest BCUT2D eigenvalue weighted by Gasteiger charge is 2.29. The standard InChI is InChI=1S/C19H22N2O5S2/c22-17(20-10-14-4-2-1-3-5-14)9-18-21-16(12-27-18)11-26-19(23)8-15-6-7-28(24,25)13-15/h1-5,12,15H,6-11,13H2,(H,20,22). The number of hydrogen-bond donors (Lipinski definition) is 1. The van der Waals surface area contributed by atoms with Crippen LogP contribution in [0.15, 0.2) is 35.7 Å². The lowest BCUT2D eigenvalue weighted by Gasteiger charge is -2.07. The molecule has 1 atom stereocenters. The average molecular weight is 423 g/mol. The van der Waals surface area contributed by atoms with E-state index in [0.717, 1.165) is 5.56 Å². The first kappa shape index (κ1) is 20.5. The summed E-state index contributed by atoms with van der Waals surface area (Å²) in [4.78, 5) is 28.2. The summed E-state index contributed by atoms with van der Waals surface area (Å²) < 4.78 is 28.0. The van der Waals surface area contributed by atoms with Gasteiger partial charge in [-0.1, -0.05) is 30.3 Å². The molecule has 1 aliphatic heterocycles. The predicted octanol–water partition coefficient (Wildman–Crippen LogP) is 1.87. The molecule has 1 aromatic heterocycles. The second kappa shape index (κ2) is 9.29. The van der Waals surface area contributed by atoms with Crippen LogP contribution in [0.1, 0.15) is 29.1 Å². The Morgan fingerprint density at radius 2 is 2.04 bits per heavy atom. The van der Waals surface area contributed by atoms with Gasteiger partial charge in [0.1, 0.15) is 11.6 Å². The van der Waals surface area contributed by atoms with E-state index in [9.17, 15) is 18.0 Å². The number of ether oxygens (including phenoxy) is 1. The lowest BCUT2D eigenvalue weighted by molar-refractivity contribution is -0.146. The summed E-state index contributed by atoms with van der Waals surface area (Å²) in [5.74, 6) is -0.494. The number of nitrogens with one attached hydrogen (secondary N) is 1. The van der Waals surface area contributed by atoms with Crippen molar-refractivity contribution in [2.45, 2.75) is 32.4 Å². The van der Waals surface area contributed by atoms with Gasteiger partial charge in [-0.2, -0.15) is 0 Å². The molecule has 0 bridgehead atoms. The third kappa shape index (κ3) is 6.42. The molecule has 7 nitrogen and oxygen atoms in total. The Kier molecular flexibility index (Phi) is 6.79. The molecule has 1 aromatic carbocycles. The zero-order valence-corrected chi connectivity index (χ0v) is 16.9. The molecule has 0 spiro atoms. The molecule has 1 fully saturated rings. The number of aromatic nitrogens is 1. The number of carbonyl (C=O) groups excluding carboxylic acids is 2. The number of amides is 1. The molecule has 28 heavy (non-hydrogen) atoms. The Morgan fingerprint density at radius 3 is 2.75 bits per heavy atom. The first-order chi connectivity index (χ1) is 13.4. The number of esters is 1. The van der Waals surface area contributed by atoms with Crippen LogP contribution in [0.5, 0.6) is 0 Å². The minimum Gasteiger partial charge on any atom is -0.459 e. The highest BCUT2D eigenvalue weighted by molar-refractivity contribution is 7.91. The normalized spacial score (nSPS) is 17.9. The lowest BCUT2D eigenvalue weighted by atomic mass is 10.1. The van der Waals surface area contributed by atoms with Gasteiger partial charge in [-0.05, 0) is 17.9 Å².